The molecule has 0 bridgehead atoms. The number of benzene rings is 1. The number of amides is 1. The minimum atomic E-state index is -4.62. The smallest absolute Gasteiger partial charge is 0.418 e. The van der Waals surface area contributed by atoms with E-state index in [2.05, 4.69) is 9.88 Å². The summed E-state index contributed by atoms with van der Waals surface area (Å²) >= 11 is 5.65. The minimum Gasteiger partial charge on any atom is -0.474 e. The number of piperidine rings is 1. The van der Waals surface area contributed by atoms with Crippen LogP contribution in [0.25, 0.3) is 0 Å². The lowest BCUT2D eigenvalue weighted by Crippen LogP contribution is -2.45. The number of nitrogens with one attached hydrogen (secondary N) is 1. The number of nitrogens with zero attached hydrogens (tertiary/aromatic N) is 2. The molecule has 38 heavy (non-hydrogen) atoms. The molecule has 2 atom stereocenters. The molecule has 1 amide bonds. The molecule has 208 valence electrons. The highest BCUT2D eigenvalue weighted by molar-refractivity contribution is 7.89. The molecule has 7 nitrogen and oxygen atoms in total. The van der Waals surface area contributed by atoms with Crippen molar-refractivity contribution in [2.45, 2.75) is 69.8 Å². The lowest BCUT2D eigenvalue weighted by Gasteiger charge is -2.39. The first-order valence-electron chi connectivity index (χ1n) is 12.2. The first kappa shape index (κ1) is 28.6. The third-order valence-electron chi connectivity index (χ3n) is 6.83. The number of alkyl halides is 3. The van der Waals surface area contributed by atoms with E-state index in [0.717, 1.165) is 48.9 Å². The number of hydrogen-bond donors (Lipinski definition) is 1. The molecule has 0 unspecified atom stereocenters. The number of hydrogen-bond acceptors (Lipinski definition) is 6. The quantitative estimate of drug-likeness (QED) is 0.429. The van der Waals surface area contributed by atoms with Crippen molar-refractivity contribution >= 4 is 27.5 Å². The van der Waals surface area contributed by atoms with Crippen molar-refractivity contribution in [1.29, 1.82) is 0 Å². The third-order valence-corrected chi connectivity index (χ3v) is 7.68. The highest BCUT2D eigenvalue weighted by Gasteiger charge is 2.36. The Morgan fingerprint density at radius 2 is 1.95 bits per heavy atom. The maximum Gasteiger partial charge on any atom is 0.418 e. The standard InChI is InChI=1S/C25H28ClF4N3O4S/c1-3-16-9-17(37-23-11-20(25(28,29)30)21(26)12-31-23)6-7-33(16)13-15-8-22(27)19(10-18(15)14-4-5-14)24(34)32-38(2,35)36/h8,10-12,14,16-17H,3-7,9,13H2,1-2H3,(H,32,34)/t16-,17-/m0/s1. The Hall–Kier alpha value is -2.44. The van der Waals surface area contributed by atoms with E-state index >= 15 is 0 Å². The average molecular weight is 578 g/mol. The van der Waals surface area contributed by atoms with Gasteiger partial charge >= 0.3 is 6.18 Å². The number of sulfonamides is 1. The van der Waals surface area contributed by atoms with Gasteiger partial charge in [-0.2, -0.15) is 13.2 Å². The van der Waals surface area contributed by atoms with Crippen LogP contribution in [-0.4, -0.2) is 49.2 Å². The van der Waals surface area contributed by atoms with Crippen molar-refractivity contribution < 1.29 is 35.5 Å². The fourth-order valence-corrected chi connectivity index (χ4v) is 5.49. The van der Waals surface area contributed by atoms with E-state index in [1.807, 2.05) is 11.6 Å². The molecule has 1 aromatic carbocycles. The highest BCUT2D eigenvalue weighted by Crippen LogP contribution is 2.43. The molecule has 4 rings (SSSR count). The topological polar surface area (TPSA) is 88.6 Å². The molecular formula is C25H28ClF4N3O4S. The molecule has 2 aromatic rings. The molecule has 2 fully saturated rings. The first-order chi connectivity index (χ1) is 17.7. The maximum atomic E-state index is 14.9. The van der Waals surface area contributed by atoms with E-state index in [1.54, 1.807) is 0 Å². The maximum absolute atomic E-state index is 14.9. The van der Waals surface area contributed by atoms with E-state index in [1.165, 1.54) is 12.1 Å². The highest BCUT2D eigenvalue weighted by atomic mass is 35.5. The summed E-state index contributed by atoms with van der Waals surface area (Å²) < 4.78 is 85.0. The summed E-state index contributed by atoms with van der Waals surface area (Å²) in [5, 5.41) is -0.496. The van der Waals surface area contributed by atoms with E-state index < -0.39 is 38.5 Å². The van der Waals surface area contributed by atoms with E-state index in [9.17, 15) is 30.8 Å². The number of aromatic nitrogens is 1. The molecule has 2 heterocycles. The Labute approximate surface area is 223 Å². The van der Waals surface area contributed by atoms with Gasteiger partial charge in [-0.05, 0) is 61.3 Å². The van der Waals surface area contributed by atoms with Gasteiger partial charge in [0.25, 0.3) is 5.91 Å². The van der Waals surface area contributed by atoms with Gasteiger partial charge in [0.15, 0.2) is 0 Å². The predicted octanol–water partition coefficient (Wildman–Crippen LogP) is 5.28. The van der Waals surface area contributed by atoms with Crippen LogP contribution >= 0.6 is 11.6 Å². The van der Waals surface area contributed by atoms with Gasteiger partial charge in [0.2, 0.25) is 15.9 Å². The third kappa shape index (κ3) is 6.95. The van der Waals surface area contributed by atoms with Gasteiger partial charge < -0.3 is 4.74 Å². The van der Waals surface area contributed by atoms with Crippen molar-refractivity contribution in [3.05, 3.63) is 57.5 Å². The fourth-order valence-electron chi connectivity index (χ4n) is 4.83. The largest absolute Gasteiger partial charge is 0.474 e. The zero-order valence-corrected chi connectivity index (χ0v) is 22.4. The van der Waals surface area contributed by atoms with Crippen LogP contribution in [0.1, 0.15) is 72.0 Å². The Balaban J connectivity index is 1.48. The second kappa shape index (κ2) is 11.0. The summed E-state index contributed by atoms with van der Waals surface area (Å²) in [5.74, 6) is -1.77. The van der Waals surface area contributed by atoms with Gasteiger partial charge in [0.1, 0.15) is 11.9 Å². The number of likely N-dealkylation sites (tertiary alicyclic amines) is 1. The average Bonchev–Trinajstić information content (AvgIpc) is 3.65. The lowest BCUT2D eigenvalue weighted by atomic mass is 9.94. The van der Waals surface area contributed by atoms with Crippen LogP contribution in [0, 0.1) is 5.82 Å². The molecule has 1 saturated heterocycles. The second-order valence-electron chi connectivity index (χ2n) is 9.81. The van der Waals surface area contributed by atoms with Crippen LogP contribution in [0.15, 0.2) is 24.4 Å². The lowest BCUT2D eigenvalue weighted by molar-refractivity contribution is -0.137. The van der Waals surface area contributed by atoms with Crippen LogP contribution < -0.4 is 9.46 Å². The predicted molar refractivity (Wildman–Crippen MR) is 133 cm³/mol. The van der Waals surface area contributed by atoms with Gasteiger partial charge in [-0.15, -0.1) is 0 Å². The molecule has 1 aliphatic carbocycles. The summed E-state index contributed by atoms with van der Waals surface area (Å²) in [6.45, 7) is 2.97. The monoisotopic (exact) mass is 577 g/mol. The van der Waals surface area contributed by atoms with Crippen LogP contribution in [0.4, 0.5) is 17.6 Å². The van der Waals surface area contributed by atoms with E-state index in [0.29, 0.717) is 25.9 Å². The molecule has 1 aromatic heterocycles. The van der Waals surface area contributed by atoms with Crippen LogP contribution in [0.3, 0.4) is 0 Å². The Bertz CT molecular complexity index is 1320. The Morgan fingerprint density at radius 1 is 1.24 bits per heavy atom. The van der Waals surface area contributed by atoms with Gasteiger partial charge in [0, 0.05) is 25.2 Å². The molecule has 0 spiro atoms. The normalized spacial score (nSPS) is 20.8. The van der Waals surface area contributed by atoms with Crippen LogP contribution in [0.5, 0.6) is 5.88 Å². The van der Waals surface area contributed by atoms with Crippen molar-refractivity contribution in [3.8, 4) is 5.88 Å². The summed E-state index contributed by atoms with van der Waals surface area (Å²) in [6, 6.07) is 3.58. The summed E-state index contributed by atoms with van der Waals surface area (Å²) in [7, 11) is -3.84. The SMILES string of the molecule is CC[C@H]1C[C@@H](Oc2cc(C(F)(F)F)c(Cl)cn2)CCN1Cc1cc(F)c(C(=O)NS(C)(=O)=O)cc1C1CC1. The minimum absolute atomic E-state index is 0.0199. The summed E-state index contributed by atoms with van der Waals surface area (Å²) in [4.78, 5) is 18.4. The number of pyridine rings is 1. The number of ether oxygens (including phenoxy) is 1. The fraction of sp³-hybridized carbons (Fsp3) is 0.520. The molecule has 1 saturated carbocycles. The van der Waals surface area contributed by atoms with Gasteiger partial charge in [-0.25, -0.2) is 22.5 Å². The Kier molecular flexibility index (Phi) is 8.25. The summed E-state index contributed by atoms with van der Waals surface area (Å²) in [6.07, 6.45) is 0.375. The van der Waals surface area contributed by atoms with Gasteiger partial charge in [-0.3, -0.25) is 9.69 Å². The van der Waals surface area contributed by atoms with Gasteiger partial charge in [-0.1, -0.05) is 18.5 Å². The van der Waals surface area contributed by atoms with Crippen LogP contribution in [-0.2, 0) is 22.7 Å². The zero-order valence-electron chi connectivity index (χ0n) is 20.8. The van der Waals surface area contributed by atoms with Crippen molar-refractivity contribution in [1.82, 2.24) is 14.6 Å². The number of rotatable bonds is 8. The van der Waals surface area contributed by atoms with E-state index in [-0.39, 0.29) is 29.5 Å². The number of carbonyl (C=O) groups excluding carboxylic acids is 1. The molecule has 2 aliphatic rings. The Morgan fingerprint density at radius 3 is 2.55 bits per heavy atom. The molecule has 0 radical (unpaired) electrons. The van der Waals surface area contributed by atoms with Gasteiger partial charge in [0.05, 0.1) is 28.6 Å². The van der Waals surface area contributed by atoms with Crippen molar-refractivity contribution in [3.63, 3.8) is 0 Å². The zero-order chi connectivity index (χ0) is 27.8. The van der Waals surface area contributed by atoms with Crippen molar-refractivity contribution in [2.75, 3.05) is 12.8 Å². The molecule has 1 aliphatic heterocycles. The number of carbonyl (C=O) groups is 1. The number of halogens is 5. The molecule has 13 heteroatoms. The summed E-state index contributed by atoms with van der Waals surface area (Å²) in [5.41, 5.74) is 0.238. The molecular weight excluding hydrogens is 550 g/mol. The van der Waals surface area contributed by atoms with Crippen LogP contribution in [0.2, 0.25) is 5.02 Å². The van der Waals surface area contributed by atoms with Crippen molar-refractivity contribution in [2.24, 2.45) is 0 Å². The second-order valence-corrected chi connectivity index (χ2v) is 12.0. The molecule has 1 N–H and O–H groups in total. The van der Waals surface area contributed by atoms with E-state index in [4.69, 9.17) is 16.3 Å². The first-order valence-corrected chi connectivity index (χ1v) is 14.5.